The number of methoxy groups -OCH3 is 1. The topological polar surface area (TPSA) is 35.5 Å². The van der Waals surface area contributed by atoms with E-state index in [9.17, 15) is 4.79 Å². The van der Waals surface area contributed by atoms with Crippen molar-refractivity contribution in [1.82, 2.24) is 0 Å². The molecule has 1 aliphatic carbocycles. The number of ether oxygens (including phenoxy) is 2. The number of para-hydroxylation sites is 1. The van der Waals surface area contributed by atoms with Gasteiger partial charge in [-0.25, -0.2) is 4.79 Å². The maximum absolute atomic E-state index is 11.9. The Morgan fingerprint density at radius 3 is 2.61 bits per heavy atom. The Balaban J connectivity index is 2.29. The van der Waals surface area contributed by atoms with Crippen LogP contribution in [0.25, 0.3) is 0 Å². The average Bonchev–Trinajstić information content (AvgIpc) is 2.55. The third kappa shape index (κ3) is 3.95. The van der Waals surface area contributed by atoms with Crippen LogP contribution in [0.1, 0.15) is 52.0 Å². The number of benzene rings is 1. The molecule has 2 rings (SSSR count). The van der Waals surface area contributed by atoms with Crippen LogP contribution in [0.5, 0.6) is 5.75 Å². The molecule has 0 bridgehead atoms. The molecule has 1 aliphatic rings. The number of hydrogen-bond donors (Lipinski definition) is 0. The summed E-state index contributed by atoms with van der Waals surface area (Å²) in [5.74, 6) is 0.962. The molecule has 0 N–H and O–H groups in total. The second kappa shape index (κ2) is 7.67. The minimum Gasteiger partial charge on any atom is -0.496 e. The first-order valence-corrected chi connectivity index (χ1v) is 8.47. The van der Waals surface area contributed by atoms with Crippen molar-refractivity contribution in [3.05, 3.63) is 42.0 Å². The van der Waals surface area contributed by atoms with E-state index >= 15 is 0 Å². The molecule has 126 valence electrons. The smallest absolute Gasteiger partial charge is 0.330 e. The highest BCUT2D eigenvalue weighted by Crippen LogP contribution is 2.44. The predicted octanol–water partition coefficient (Wildman–Crippen LogP) is 4.65. The molecular formula is C20H28O3. The van der Waals surface area contributed by atoms with E-state index in [1.54, 1.807) is 13.2 Å². The standard InChI is InChI=1S/C20H28O3/c1-5-10-19(21)23-18-14-9-7-12-16(18)20(2,3)15-11-6-8-13-17(15)22-4/h5-6,8,10-11,13,16,18H,7,9,12,14H2,1-4H3/b10-5+/t16-,18-/m1/s1. The van der Waals surface area contributed by atoms with Gasteiger partial charge >= 0.3 is 5.97 Å². The summed E-state index contributed by atoms with van der Waals surface area (Å²) in [6, 6.07) is 8.16. The lowest BCUT2D eigenvalue weighted by molar-refractivity contribution is -0.149. The Hall–Kier alpha value is -1.77. The van der Waals surface area contributed by atoms with Gasteiger partial charge in [0.25, 0.3) is 0 Å². The molecule has 23 heavy (non-hydrogen) atoms. The normalized spacial score (nSPS) is 22.1. The largest absolute Gasteiger partial charge is 0.496 e. The fraction of sp³-hybridized carbons (Fsp3) is 0.550. The van der Waals surface area contributed by atoms with Gasteiger partial charge in [-0.05, 0) is 37.7 Å². The van der Waals surface area contributed by atoms with E-state index in [0.717, 1.165) is 25.0 Å². The van der Waals surface area contributed by atoms with E-state index in [4.69, 9.17) is 9.47 Å². The minimum atomic E-state index is -0.236. The molecule has 0 amide bonds. The second-order valence-electron chi connectivity index (χ2n) is 6.79. The number of carbonyl (C=O) groups excluding carboxylic acids is 1. The van der Waals surface area contributed by atoms with Crippen LogP contribution in [-0.4, -0.2) is 19.2 Å². The van der Waals surface area contributed by atoms with Gasteiger partial charge < -0.3 is 9.47 Å². The molecule has 3 heteroatoms. The van der Waals surface area contributed by atoms with Crippen LogP contribution in [0, 0.1) is 5.92 Å². The first-order valence-electron chi connectivity index (χ1n) is 8.47. The summed E-state index contributed by atoms with van der Waals surface area (Å²) in [6.07, 6.45) is 7.50. The lowest BCUT2D eigenvalue weighted by Crippen LogP contribution is -2.42. The Morgan fingerprint density at radius 2 is 1.91 bits per heavy atom. The summed E-state index contributed by atoms with van der Waals surface area (Å²) in [6.45, 7) is 6.30. The van der Waals surface area contributed by atoms with E-state index < -0.39 is 0 Å². The second-order valence-corrected chi connectivity index (χ2v) is 6.79. The van der Waals surface area contributed by atoms with Crippen molar-refractivity contribution in [2.24, 2.45) is 5.92 Å². The van der Waals surface area contributed by atoms with Gasteiger partial charge in [-0.3, -0.25) is 0 Å². The third-order valence-corrected chi connectivity index (χ3v) is 5.00. The van der Waals surface area contributed by atoms with Crippen LogP contribution in [0.2, 0.25) is 0 Å². The molecule has 0 spiro atoms. The number of allylic oxidation sites excluding steroid dienone is 1. The van der Waals surface area contributed by atoms with Gasteiger partial charge in [-0.1, -0.05) is 44.5 Å². The molecule has 1 aromatic rings. The Labute approximate surface area is 139 Å². The predicted molar refractivity (Wildman–Crippen MR) is 92.7 cm³/mol. The van der Waals surface area contributed by atoms with Crippen molar-refractivity contribution >= 4 is 5.97 Å². The van der Waals surface area contributed by atoms with Gasteiger partial charge in [0.1, 0.15) is 11.9 Å². The molecular weight excluding hydrogens is 288 g/mol. The first-order chi connectivity index (χ1) is 11.0. The summed E-state index contributed by atoms with van der Waals surface area (Å²) in [5.41, 5.74) is 1.06. The highest BCUT2D eigenvalue weighted by molar-refractivity contribution is 5.82. The summed E-state index contributed by atoms with van der Waals surface area (Å²) in [5, 5.41) is 0. The van der Waals surface area contributed by atoms with Crippen molar-refractivity contribution in [2.75, 3.05) is 7.11 Å². The van der Waals surface area contributed by atoms with E-state index in [0.29, 0.717) is 5.92 Å². The van der Waals surface area contributed by atoms with Gasteiger partial charge in [-0.2, -0.15) is 0 Å². The maximum atomic E-state index is 11.9. The summed E-state index contributed by atoms with van der Waals surface area (Å²) < 4.78 is 11.3. The van der Waals surface area contributed by atoms with Crippen LogP contribution in [-0.2, 0) is 14.9 Å². The zero-order valence-electron chi connectivity index (χ0n) is 14.7. The summed E-state index contributed by atoms with van der Waals surface area (Å²) in [7, 11) is 1.71. The molecule has 3 nitrogen and oxygen atoms in total. The molecule has 0 unspecified atom stereocenters. The summed E-state index contributed by atoms with van der Waals surface area (Å²) in [4.78, 5) is 11.9. The van der Waals surface area contributed by atoms with E-state index in [1.807, 2.05) is 25.1 Å². The number of hydrogen-bond acceptors (Lipinski definition) is 3. The van der Waals surface area contributed by atoms with Gasteiger partial charge in [0.15, 0.2) is 0 Å². The van der Waals surface area contributed by atoms with Crippen LogP contribution in [0.4, 0.5) is 0 Å². The highest BCUT2D eigenvalue weighted by Gasteiger charge is 2.41. The van der Waals surface area contributed by atoms with Crippen molar-refractivity contribution in [2.45, 2.75) is 58.0 Å². The molecule has 1 fully saturated rings. The number of carbonyl (C=O) groups is 1. The molecule has 2 atom stereocenters. The fourth-order valence-electron chi connectivity index (χ4n) is 3.76. The van der Waals surface area contributed by atoms with Gasteiger partial charge in [0, 0.05) is 17.6 Å². The van der Waals surface area contributed by atoms with Gasteiger partial charge in [-0.15, -0.1) is 0 Å². The quantitative estimate of drug-likeness (QED) is 0.586. The van der Waals surface area contributed by atoms with Gasteiger partial charge in [0.05, 0.1) is 7.11 Å². The van der Waals surface area contributed by atoms with Crippen LogP contribution >= 0.6 is 0 Å². The molecule has 0 radical (unpaired) electrons. The van der Waals surface area contributed by atoms with Crippen LogP contribution < -0.4 is 4.74 Å². The lowest BCUT2D eigenvalue weighted by atomic mass is 9.66. The molecule has 1 aromatic carbocycles. The van der Waals surface area contributed by atoms with Crippen LogP contribution in [0.3, 0.4) is 0 Å². The highest BCUT2D eigenvalue weighted by atomic mass is 16.5. The minimum absolute atomic E-state index is 0.0348. The van der Waals surface area contributed by atoms with E-state index in [-0.39, 0.29) is 17.5 Å². The SMILES string of the molecule is C/C=C/C(=O)O[C@@H]1CCCC[C@H]1C(C)(C)c1ccccc1OC. The van der Waals surface area contributed by atoms with Crippen molar-refractivity contribution in [3.63, 3.8) is 0 Å². The van der Waals surface area contributed by atoms with Crippen LogP contribution in [0.15, 0.2) is 36.4 Å². The Morgan fingerprint density at radius 1 is 1.22 bits per heavy atom. The molecule has 1 saturated carbocycles. The monoisotopic (exact) mass is 316 g/mol. The molecule has 0 heterocycles. The molecule has 0 aromatic heterocycles. The Kier molecular flexibility index (Phi) is 5.86. The van der Waals surface area contributed by atoms with Crippen molar-refractivity contribution in [1.29, 1.82) is 0 Å². The van der Waals surface area contributed by atoms with Crippen molar-refractivity contribution in [3.8, 4) is 5.75 Å². The number of rotatable bonds is 5. The van der Waals surface area contributed by atoms with Crippen molar-refractivity contribution < 1.29 is 14.3 Å². The zero-order valence-corrected chi connectivity index (χ0v) is 14.7. The first kappa shape index (κ1) is 17.6. The maximum Gasteiger partial charge on any atom is 0.330 e. The average molecular weight is 316 g/mol. The fourth-order valence-corrected chi connectivity index (χ4v) is 3.76. The summed E-state index contributed by atoms with van der Waals surface area (Å²) >= 11 is 0. The van der Waals surface area contributed by atoms with E-state index in [2.05, 4.69) is 19.9 Å². The number of esters is 1. The van der Waals surface area contributed by atoms with E-state index in [1.165, 1.54) is 18.1 Å². The lowest BCUT2D eigenvalue weighted by Gasteiger charge is -2.42. The molecule has 0 aliphatic heterocycles. The third-order valence-electron chi connectivity index (χ3n) is 5.00. The zero-order chi connectivity index (χ0) is 16.9. The van der Waals surface area contributed by atoms with Gasteiger partial charge in [0.2, 0.25) is 0 Å². The molecule has 0 saturated heterocycles. The Bertz CT molecular complexity index is 560.